The first-order chi connectivity index (χ1) is 6.49. The fraction of sp³-hybridized carbons (Fsp3) is 0.889. The molecule has 1 heterocycles. The summed E-state index contributed by atoms with van der Waals surface area (Å²) in [5, 5.41) is 3.18. The molecule has 0 amide bonds. The Balaban J connectivity index is 2.45. The maximum absolute atomic E-state index is 11.5. The van der Waals surface area contributed by atoms with Gasteiger partial charge in [-0.3, -0.25) is 4.79 Å². The molecule has 0 atom stereocenters. The number of piperidine rings is 1. The Kier molecular flexibility index (Phi) is 4.07. The third-order valence-electron chi connectivity index (χ3n) is 2.37. The van der Waals surface area contributed by atoms with Crippen molar-refractivity contribution in [2.24, 2.45) is 5.92 Å². The molecule has 0 spiro atoms. The number of Topliss-reactive ketones (excluding diaryl/α,β-unsaturated/α-hetero) is 1. The molecule has 1 aliphatic rings. The predicted octanol–water partition coefficient (Wildman–Crippen LogP) is -0.0102. The lowest BCUT2D eigenvalue weighted by atomic mass is 10.0. The Bertz CT molecular complexity index is 291. The molecule has 0 saturated carbocycles. The van der Waals surface area contributed by atoms with Crippen LogP contribution in [0.15, 0.2) is 0 Å². The summed E-state index contributed by atoms with van der Waals surface area (Å²) >= 11 is 0. The van der Waals surface area contributed by atoms with Crippen LogP contribution in [0.25, 0.3) is 0 Å². The molecule has 1 aliphatic heterocycles. The Morgan fingerprint density at radius 2 is 1.93 bits per heavy atom. The van der Waals surface area contributed by atoms with Gasteiger partial charge in [0.25, 0.3) is 0 Å². The molecule has 0 aliphatic carbocycles. The molecule has 1 fully saturated rings. The van der Waals surface area contributed by atoms with E-state index in [1.807, 2.05) is 0 Å². The van der Waals surface area contributed by atoms with Crippen LogP contribution in [0.2, 0.25) is 0 Å². The fourth-order valence-corrected chi connectivity index (χ4v) is 3.56. The van der Waals surface area contributed by atoms with Crippen LogP contribution in [0.1, 0.15) is 19.8 Å². The SMILES string of the molecule is CC(=O)CS(=O)(=O)CC1CCNCC1. The van der Waals surface area contributed by atoms with Crippen molar-refractivity contribution in [1.82, 2.24) is 5.32 Å². The van der Waals surface area contributed by atoms with E-state index in [1.54, 1.807) is 0 Å². The van der Waals surface area contributed by atoms with Gasteiger partial charge in [-0.15, -0.1) is 0 Å². The number of sulfone groups is 1. The molecule has 5 heteroatoms. The van der Waals surface area contributed by atoms with Crippen molar-refractivity contribution in [3.63, 3.8) is 0 Å². The van der Waals surface area contributed by atoms with E-state index < -0.39 is 9.84 Å². The Morgan fingerprint density at radius 1 is 1.36 bits per heavy atom. The predicted molar refractivity (Wildman–Crippen MR) is 54.9 cm³/mol. The highest BCUT2D eigenvalue weighted by atomic mass is 32.2. The van der Waals surface area contributed by atoms with Gasteiger partial charge in [-0.25, -0.2) is 8.42 Å². The quantitative estimate of drug-likeness (QED) is 0.722. The van der Waals surface area contributed by atoms with Crippen LogP contribution >= 0.6 is 0 Å². The number of carbonyl (C=O) groups excluding carboxylic acids is 1. The highest BCUT2D eigenvalue weighted by Gasteiger charge is 2.22. The molecular formula is C9H17NO3S. The van der Waals surface area contributed by atoms with Crippen LogP contribution in [0.5, 0.6) is 0 Å². The van der Waals surface area contributed by atoms with Crippen molar-refractivity contribution in [3.8, 4) is 0 Å². The van der Waals surface area contributed by atoms with Crippen LogP contribution in [0, 0.1) is 5.92 Å². The van der Waals surface area contributed by atoms with Crippen LogP contribution < -0.4 is 5.32 Å². The third kappa shape index (κ3) is 4.19. The zero-order valence-electron chi connectivity index (χ0n) is 8.45. The molecule has 0 aromatic carbocycles. The largest absolute Gasteiger partial charge is 0.317 e. The number of rotatable bonds is 4. The fourth-order valence-electron chi connectivity index (χ4n) is 1.78. The molecule has 0 aromatic heterocycles. The average Bonchev–Trinajstić information content (AvgIpc) is 2.02. The maximum Gasteiger partial charge on any atom is 0.157 e. The van der Waals surface area contributed by atoms with E-state index in [4.69, 9.17) is 0 Å². The maximum atomic E-state index is 11.5. The minimum atomic E-state index is -3.16. The van der Waals surface area contributed by atoms with Crippen LogP contribution in [0.4, 0.5) is 0 Å². The number of carbonyl (C=O) groups is 1. The lowest BCUT2D eigenvalue weighted by molar-refractivity contribution is -0.114. The summed E-state index contributed by atoms with van der Waals surface area (Å²) < 4.78 is 22.9. The molecule has 1 saturated heterocycles. The van der Waals surface area contributed by atoms with E-state index in [1.165, 1.54) is 6.92 Å². The average molecular weight is 219 g/mol. The van der Waals surface area contributed by atoms with Gasteiger partial charge in [0.2, 0.25) is 0 Å². The van der Waals surface area contributed by atoms with Gasteiger partial charge < -0.3 is 5.32 Å². The molecule has 1 N–H and O–H groups in total. The highest BCUT2D eigenvalue weighted by Crippen LogP contribution is 2.14. The number of nitrogens with one attached hydrogen (secondary N) is 1. The van der Waals surface area contributed by atoms with E-state index in [0.717, 1.165) is 25.9 Å². The lowest BCUT2D eigenvalue weighted by Crippen LogP contribution is -2.32. The van der Waals surface area contributed by atoms with Crippen LogP contribution in [0.3, 0.4) is 0 Å². The molecule has 82 valence electrons. The zero-order valence-corrected chi connectivity index (χ0v) is 9.27. The molecule has 1 rings (SSSR count). The first-order valence-electron chi connectivity index (χ1n) is 4.90. The first-order valence-corrected chi connectivity index (χ1v) is 6.72. The third-order valence-corrected chi connectivity index (χ3v) is 4.20. The molecule has 0 unspecified atom stereocenters. The topological polar surface area (TPSA) is 63.2 Å². The van der Waals surface area contributed by atoms with Crippen LogP contribution in [-0.4, -0.2) is 38.8 Å². The summed E-state index contributed by atoms with van der Waals surface area (Å²) in [6.45, 7) is 3.10. The summed E-state index contributed by atoms with van der Waals surface area (Å²) in [4.78, 5) is 10.7. The molecule has 0 radical (unpaired) electrons. The minimum absolute atomic E-state index is 0.175. The molecule has 0 aromatic rings. The summed E-state index contributed by atoms with van der Waals surface area (Å²) in [7, 11) is -3.16. The highest BCUT2D eigenvalue weighted by molar-refractivity contribution is 7.92. The van der Waals surface area contributed by atoms with Gasteiger partial charge in [0.1, 0.15) is 11.5 Å². The normalized spacial score (nSPS) is 19.5. The molecular weight excluding hydrogens is 202 g/mol. The van der Waals surface area contributed by atoms with E-state index >= 15 is 0 Å². The second-order valence-corrected chi connectivity index (χ2v) is 6.06. The Labute approximate surface area is 85.0 Å². The van der Waals surface area contributed by atoms with Gasteiger partial charge in [-0.05, 0) is 38.8 Å². The summed E-state index contributed by atoms with van der Waals surface area (Å²) in [6, 6.07) is 0. The second-order valence-electron chi connectivity index (χ2n) is 3.95. The van der Waals surface area contributed by atoms with Crippen molar-refractivity contribution in [2.75, 3.05) is 24.6 Å². The van der Waals surface area contributed by atoms with Crippen molar-refractivity contribution in [1.29, 1.82) is 0 Å². The van der Waals surface area contributed by atoms with Crippen molar-refractivity contribution in [3.05, 3.63) is 0 Å². The molecule has 14 heavy (non-hydrogen) atoms. The van der Waals surface area contributed by atoms with Gasteiger partial charge in [0.05, 0.1) is 5.75 Å². The van der Waals surface area contributed by atoms with Gasteiger partial charge in [0.15, 0.2) is 9.84 Å². The number of hydrogen-bond donors (Lipinski definition) is 1. The number of ketones is 1. The zero-order chi connectivity index (χ0) is 10.6. The van der Waals surface area contributed by atoms with Gasteiger partial charge in [-0.2, -0.15) is 0 Å². The van der Waals surface area contributed by atoms with Crippen LogP contribution in [-0.2, 0) is 14.6 Å². The molecule has 4 nitrogen and oxygen atoms in total. The van der Waals surface area contributed by atoms with E-state index in [2.05, 4.69) is 5.32 Å². The lowest BCUT2D eigenvalue weighted by Gasteiger charge is -2.21. The summed E-state index contributed by atoms with van der Waals surface area (Å²) in [5.41, 5.74) is 0. The van der Waals surface area contributed by atoms with Gasteiger partial charge in [-0.1, -0.05) is 0 Å². The standard InChI is InChI=1S/C9H17NO3S/c1-8(11)6-14(12,13)7-9-2-4-10-5-3-9/h9-10H,2-7H2,1H3. The van der Waals surface area contributed by atoms with E-state index in [-0.39, 0.29) is 23.2 Å². The van der Waals surface area contributed by atoms with Gasteiger partial charge in [0, 0.05) is 0 Å². The van der Waals surface area contributed by atoms with Gasteiger partial charge >= 0.3 is 0 Å². The molecule has 0 bridgehead atoms. The van der Waals surface area contributed by atoms with Crippen molar-refractivity contribution in [2.45, 2.75) is 19.8 Å². The monoisotopic (exact) mass is 219 g/mol. The second kappa shape index (κ2) is 4.89. The summed E-state index contributed by atoms with van der Waals surface area (Å²) in [5.74, 6) is -0.148. The number of hydrogen-bond acceptors (Lipinski definition) is 4. The van der Waals surface area contributed by atoms with E-state index in [0.29, 0.717) is 0 Å². The Morgan fingerprint density at radius 3 is 2.43 bits per heavy atom. The smallest absolute Gasteiger partial charge is 0.157 e. The minimum Gasteiger partial charge on any atom is -0.317 e. The van der Waals surface area contributed by atoms with Crippen molar-refractivity contribution < 1.29 is 13.2 Å². The summed E-state index contributed by atoms with van der Waals surface area (Å²) in [6.07, 6.45) is 1.80. The first kappa shape index (κ1) is 11.7. The van der Waals surface area contributed by atoms with E-state index in [9.17, 15) is 13.2 Å². The Hall–Kier alpha value is -0.420. The van der Waals surface area contributed by atoms with Crippen molar-refractivity contribution >= 4 is 15.6 Å².